The van der Waals surface area contributed by atoms with E-state index in [0.717, 1.165) is 22.4 Å². The van der Waals surface area contributed by atoms with E-state index < -0.39 is 0 Å². The van der Waals surface area contributed by atoms with Crippen molar-refractivity contribution in [3.05, 3.63) is 47.0 Å². The van der Waals surface area contributed by atoms with Crippen LogP contribution in [0, 0.1) is 6.92 Å². The van der Waals surface area contributed by atoms with Gasteiger partial charge in [-0.05, 0) is 54.8 Å². The first-order chi connectivity index (χ1) is 8.61. The molecule has 0 aromatic heterocycles. The highest BCUT2D eigenvalue weighted by atomic mass is 35.5. The van der Waals surface area contributed by atoms with Gasteiger partial charge in [0, 0.05) is 0 Å². The smallest absolute Gasteiger partial charge is 0.134 e. The second kappa shape index (κ2) is 5.32. The summed E-state index contributed by atoms with van der Waals surface area (Å²) in [5.74, 6) is 0.958. The molecule has 0 aliphatic heterocycles. The molecule has 0 spiro atoms. The Hall–Kier alpha value is -1.67. The average molecular weight is 263 g/mol. The van der Waals surface area contributed by atoms with Crippen LogP contribution in [0.4, 0.5) is 0 Å². The van der Waals surface area contributed by atoms with Crippen LogP contribution >= 0.6 is 11.6 Å². The summed E-state index contributed by atoms with van der Waals surface area (Å²) in [5.41, 5.74) is 3.10. The minimum absolute atomic E-state index is 0.0995. The Kier molecular flexibility index (Phi) is 3.78. The van der Waals surface area contributed by atoms with Gasteiger partial charge in [-0.25, -0.2) is 0 Å². The van der Waals surface area contributed by atoms with Crippen LogP contribution in [0.3, 0.4) is 0 Å². The van der Waals surface area contributed by atoms with Gasteiger partial charge >= 0.3 is 0 Å². The molecular weight excluding hydrogens is 248 g/mol. The van der Waals surface area contributed by atoms with Gasteiger partial charge in [0.25, 0.3) is 0 Å². The number of ether oxygens (including phenoxy) is 1. The van der Waals surface area contributed by atoms with Crippen molar-refractivity contribution >= 4 is 11.6 Å². The maximum absolute atomic E-state index is 9.63. The highest BCUT2D eigenvalue weighted by molar-refractivity contribution is 6.32. The molecule has 2 nitrogen and oxygen atoms in total. The molecular formula is C15H15ClO2. The van der Waals surface area contributed by atoms with Crippen molar-refractivity contribution in [1.82, 2.24) is 0 Å². The largest absolute Gasteiger partial charge is 0.506 e. The second-order valence-corrected chi connectivity index (χ2v) is 4.48. The van der Waals surface area contributed by atoms with E-state index in [4.69, 9.17) is 16.3 Å². The number of rotatable bonds is 3. The fraction of sp³-hybridized carbons (Fsp3) is 0.200. The first kappa shape index (κ1) is 12.8. The Morgan fingerprint density at radius 1 is 1.17 bits per heavy atom. The van der Waals surface area contributed by atoms with Crippen LogP contribution in [0.5, 0.6) is 11.5 Å². The zero-order chi connectivity index (χ0) is 13.1. The Bertz CT molecular complexity index is 564. The predicted molar refractivity (Wildman–Crippen MR) is 74.5 cm³/mol. The molecule has 0 saturated carbocycles. The molecule has 0 unspecified atom stereocenters. The number of aromatic hydroxyl groups is 1. The van der Waals surface area contributed by atoms with Crippen LogP contribution in [-0.4, -0.2) is 11.7 Å². The molecule has 94 valence electrons. The van der Waals surface area contributed by atoms with E-state index in [1.54, 1.807) is 12.1 Å². The van der Waals surface area contributed by atoms with Gasteiger partial charge in [-0.1, -0.05) is 23.7 Å². The summed E-state index contributed by atoms with van der Waals surface area (Å²) in [6.45, 7) is 4.63. The van der Waals surface area contributed by atoms with Crippen molar-refractivity contribution in [2.75, 3.05) is 6.61 Å². The molecule has 1 N–H and O–H groups in total. The molecule has 0 saturated heterocycles. The summed E-state index contributed by atoms with van der Waals surface area (Å²) < 4.78 is 5.45. The van der Waals surface area contributed by atoms with Gasteiger partial charge in [-0.2, -0.15) is 0 Å². The molecule has 2 aromatic rings. The lowest BCUT2D eigenvalue weighted by molar-refractivity contribution is 0.340. The standard InChI is InChI=1S/C15H15ClO2/c1-3-18-12-5-6-13(10(2)8-12)11-4-7-14(16)15(17)9-11/h4-9,17H,3H2,1-2H3. The molecule has 0 atom stereocenters. The minimum Gasteiger partial charge on any atom is -0.506 e. The Morgan fingerprint density at radius 3 is 2.56 bits per heavy atom. The van der Waals surface area contributed by atoms with Crippen molar-refractivity contribution in [2.24, 2.45) is 0 Å². The molecule has 0 heterocycles. The van der Waals surface area contributed by atoms with E-state index in [0.29, 0.717) is 11.6 Å². The zero-order valence-corrected chi connectivity index (χ0v) is 11.2. The third-order valence-corrected chi connectivity index (χ3v) is 3.09. The third kappa shape index (κ3) is 2.59. The molecule has 0 fully saturated rings. The van der Waals surface area contributed by atoms with E-state index in [1.807, 2.05) is 38.1 Å². The van der Waals surface area contributed by atoms with E-state index in [-0.39, 0.29) is 5.75 Å². The maximum atomic E-state index is 9.63. The number of hydrogen-bond acceptors (Lipinski definition) is 2. The topological polar surface area (TPSA) is 29.5 Å². The van der Waals surface area contributed by atoms with E-state index in [9.17, 15) is 5.11 Å². The van der Waals surface area contributed by atoms with E-state index >= 15 is 0 Å². The number of phenolic OH excluding ortho intramolecular Hbond substituents is 1. The molecule has 18 heavy (non-hydrogen) atoms. The Morgan fingerprint density at radius 2 is 1.94 bits per heavy atom. The zero-order valence-electron chi connectivity index (χ0n) is 10.4. The predicted octanol–water partition coefficient (Wildman–Crippen LogP) is 4.42. The molecule has 3 heteroatoms. The van der Waals surface area contributed by atoms with Crippen LogP contribution in [0.15, 0.2) is 36.4 Å². The van der Waals surface area contributed by atoms with Crippen molar-refractivity contribution in [3.8, 4) is 22.6 Å². The van der Waals surface area contributed by atoms with Crippen molar-refractivity contribution in [1.29, 1.82) is 0 Å². The van der Waals surface area contributed by atoms with E-state index in [2.05, 4.69) is 0 Å². The lowest BCUT2D eigenvalue weighted by Gasteiger charge is -2.10. The summed E-state index contributed by atoms with van der Waals surface area (Å²) in [7, 11) is 0. The number of phenols is 1. The number of aryl methyl sites for hydroxylation is 1. The lowest BCUT2D eigenvalue weighted by Crippen LogP contribution is -1.92. The molecule has 0 aliphatic carbocycles. The van der Waals surface area contributed by atoms with Crippen LogP contribution in [0.2, 0.25) is 5.02 Å². The fourth-order valence-corrected chi connectivity index (χ4v) is 2.01. The monoisotopic (exact) mass is 262 g/mol. The van der Waals surface area contributed by atoms with Gasteiger partial charge in [-0.15, -0.1) is 0 Å². The van der Waals surface area contributed by atoms with Crippen LogP contribution in [0.25, 0.3) is 11.1 Å². The van der Waals surface area contributed by atoms with Crippen molar-refractivity contribution in [2.45, 2.75) is 13.8 Å². The molecule has 0 aliphatic rings. The van der Waals surface area contributed by atoms with Crippen LogP contribution in [0.1, 0.15) is 12.5 Å². The maximum Gasteiger partial charge on any atom is 0.134 e. The highest BCUT2D eigenvalue weighted by Gasteiger charge is 2.06. The number of halogens is 1. The van der Waals surface area contributed by atoms with E-state index in [1.165, 1.54) is 0 Å². The summed E-state index contributed by atoms with van der Waals surface area (Å²) in [6.07, 6.45) is 0. The van der Waals surface area contributed by atoms with Gasteiger partial charge in [0.15, 0.2) is 0 Å². The van der Waals surface area contributed by atoms with Crippen LogP contribution < -0.4 is 4.74 Å². The second-order valence-electron chi connectivity index (χ2n) is 4.08. The van der Waals surface area contributed by atoms with Crippen molar-refractivity contribution < 1.29 is 9.84 Å². The first-order valence-corrected chi connectivity index (χ1v) is 6.22. The average Bonchev–Trinajstić information content (AvgIpc) is 2.34. The summed E-state index contributed by atoms with van der Waals surface area (Å²) >= 11 is 5.80. The van der Waals surface area contributed by atoms with Gasteiger partial charge < -0.3 is 9.84 Å². The first-order valence-electron chi connectivity index (χ1n) is 5.84. The number of benzene rings is 2. The third-order valence-electron chi connectivity index (χ3n) is 2.77. The minimum atomic E-state index is 0.0995. The van der Waals surface area contributed by atoms with Crippen molar-refractivity contribution in [3.63, 3.8) is 0 Å². The SMILES string of the molecule is CCOc1ccc(-c2ccc(Cl)c(O)c2)c(C)c1. The van der Waals surface area contributed by atoms with Gasteiger partial charge in [0.2, 0.25) is 0 Å². The fourth-order valence-electron chi connectivity index (χ4n) is 1.90. The summed E-state index contributed by atoms with van der Waals surface area (Å²) in [4.78, 5) is 0. The van der Waals surface area contributed by atoms with Gasteiger partial charge in [0.05, 0.1) is 11.6 Å². The molecule has 2 aromatic carbocycles. The molecule has 0 amide bonds. The summed E-state index contributed by atoms with van der Waals surface area (Å²) in [5, 5.41) is 10.00. The Balaban J connectivity index is 2.41. The summed E-state index contributed by atoms with van der Waals surface area (Å²) in [6, 6.07) is 11.2. The van der Waals surface area contributed by atoms with Gasteiger partial charge in [-0.3, -0.25) is 0 Å². The normalized spacial score (nSPS) is 10.4. The lowest BCUT2D eigenvalue weighted by atomic mass is 10.0. The van der Waals surface area contributed by atoms with Crippen LogP contribution in [-0.2, 0) is 0 Å². The molecule has 0 radical (unpaired) electrons. The quantitative estimate of drug-likeness (QED) is 0.887. The van der Waals surface area contributed by atoms with Gasteiger partial charge in [0.1, 0.15) is 11.5 Å². The number of hydrogen-bond donors (Lipinski definition) is 1. The molecule has 0 bridgehead atoms. The molecule has 2 rings (SSSR count). The Labute approximate surface area is 112 Å². The highest BCUT2D eigenvalue weighted by Crippen LogP contribution is 2.32.